The summed E-state index contributed by atoms with van der Waals surface area (Å²) < 4.78 is 3.31. The van der Waals surface area contributed by atoms with Crippen molar-refractivity contribution < 1.29 is 4.79 Å². The largest absolute Gasteiger partial charge is 0.326 e. The molecule has 7 nitrogen and oxygen atoms in total. The van der Waals surface area contributed by atoms with E-state index in [2.05, 4.69) is 34.2 Å². The van der Waals surface area contributed by atoms with Gasteiger partial charge in [0.2, 0.25) is 10.9 Å². The van der Waals surface area contributed by atoms with Gasteiger partial charge in [0, 0.05) is 30.3 Å². The number of thiazole rings is 1. The molecule has 0 aliphatic rings. The van der Waals surface area contributed by atoms with Crippen molar-refractivity contribution in [3.63, 3.8) is 0 Å². The number of benzene rings is 1. The average molecular weight is 474 g/mol. The van der Waals surface area contributed by atoms with E-state index in [-0.39, 0.29) is 11.5 Å². The van der Waals surface area contributed by atoms with Gasteiger partial charge < -0.3 is 5.32 Å². The molecule has 0 saturated carbocycles. The molecule has 3 aromatic heterocycles. The van der Waals surface area contributed by atoms with Crippen molar-refractivity contribution in [3.05, 3.63) is 45.3 Å². The van der Waals surface area contributed by atoms with E-state index in [9.17, 15) is 9.59 Å². The summed E-state index contributed by atoms with van der Waals surface area (Å²) in [5, 5.41) is 8.24. The molecule has 162 valence electrons. The number of anilines is 1. The third kappa shape index (κ3) is 5.31. The van der Waals surface area contributed by atoms with E-state index in [1.807, 2.05) is 25.1 Å². The Labute approximate surface area is 191 Å². The molecule has 0 spiro atoms. The number of rotatable bonds is 8. The molecule has 1 N–H and O–H groups in total. The number of hydrogen-bond acceptors (Lipinski definition) is 8. The first kappa shape index (κ1) is 21.9. The number of hydrogen-bond donors (Lipinski definition) is 1. The number of aromatic nitrogens is 4. The Bertz CT molecular complexity index is 1290. The maximum Gasteiger partial charge on any atom is 0.275 e. The second kappa shape index (κ2) is 9.46. The van der Waals surface area contributed by atoms with Crippen LogP contribution in [0.15, 0.2) is 33.4 Å². The molecule has 0 fully saturated rings. The first-order chi connectivity index (χ1) is 14.9. The van der Waals surface area contributed by atoms with Gasteiger partial charge in [0.1, 0.15) is 5.01 Å². The van der Waals surface area contributed by atoms with Gasteiger partial charge in [-0.25, -0.2) is 9.97 Å². The first-order valence-electron chi connectivity index (χ1n) is 10.1. The molecule has 0 radical (unpaired) electrons. The molecule has 0 bridgehead atoms. The van der Waals surface area contributed by atoms with Crippen LogP contribution >= 0.6 is 34.4 Å². The Kier molecular flexibility index (Phi) is 6.68. The minimum Gasteiger partial charge on any atom is -0.326 e. The van der Waals surface area contributed by atoms with Gasteiger partial charge in [-0.1, -0.05) is 43.9 Å². The standard InChI is InChI=1S/C21H23N5O2S3/c1-4-5-17(27)22-13-6-7-15-16(9-13)30-21(24-15)29-11-14-10-19(28)26-20(23-14)31-18(25-26)8-12(2)3/h6-7,9-10,12H,4-5,8,11H2,1-3H3,(H,22,27). The number of nitrogens with zero attached hydrogens (tertiary/aromatic N) is 4. The molecule has 31 heavy (non-hydrogen) atoms. The van der Waals surface area contributed by atoms with Crippen molar-refractivity contribution in [1.82, 2.24) is 19.6 Å². The highest BCUT2D eigenvalue weighted by molar-refractivity contribution is 8.00. The SMILES string of the molecule is CCCC(=O)Nc1ccc2nc(SCc3cc(=O)n4nc(CC(C)C)sc4n3)sc2c1. The zero-order chi connectivity index (χ0) is 22.0. The molecule has 0 saturated heterocycles. The zero-order valence-electron chi connectivity index (χ0n) is 17.5. The quantitative estimate of drug-likeness (QED) is 0.363. The van der Waals surface area contributed by atoms with E-state index in [1.54, 1.807) is 29.2 Å². The fraction of sp³-hybridized carbons (Fsp3) is 0.381. The fourth-order valence-corrected chi connectivity index (χ4v) is 6.16. The van der Waals surface area contributed by atoms with E-state index < -0.39 is 0 Å². The molecule has 1 amide bonds. The van der Waals surface area contributed by atoms with Crippen LogP contribution in [-0.4, -0.2) is 25.5 Å². The average Bonchev–Trinajstić information content (AvgIpc) is 3.29. The summed E-state index contributed by atoms with van der Waals surface area (Å²) in [5.74, 6) is 1.06. The zero-order valence-corrected chi connectivity index (χ0v) is 20.0. The maximum atomic E-state index is 12.4. The number of nitrogens with one attached hydrogen (secondary N) is 1. The summed E-state index contributed by atoms with van der Waals surface area (Å²) in [6, 6.07) is 7.29. The highest BCUT2D eigenvalue weighted by Crippen LogP contribution is 2.32. The molecular weight excluding hydrogens is 450 g/mol. The van der Waals surface area contributed by atoms with Crippen LogP contribution in [-0.2, 0) is 17.0 Å². The summed E-state index contributed by atoms with van der Waals surface area (Å²) in [4.78, 5) is 34.2. The molecule has 0 unspecified atom stereocenters. The molecule has 0 atom stereocenters. The van der Waals surface area contributed by atoms with Gasteiger partial charge in [-0.05, 0) is 30.5 Å². The lowest BCUT2D eigenvalue weighted by Gasteiger charge is -2.03. The number of amides is 1. The molecule has 0 aliphatic heterocycles. The predicted molar refractivity (Wildman–Crippen MR) is 128 cm³/mol. The lowest BCUT2D eigenvalue weighted by atomic mass is 10.1. The van der Waals surface area contributed by atoms with Crippen LogP contribution in [0.1, 0.15) is 44.3 Å². The Morgan fingerprint density at radius 1 is 1.23 bits per heavy atom. The molecule has 1 aromatic carbocycles. The van der Waals surface area contributed by atoms with E-state index in [4.69, 9.17) is 0 Å². The van der Waals surface area contributed by atoms with Crippen LogP contribution < -0.4 is 10.9 Å². The lowest BCUT2D eigenvalue weighted by Crippen LogP contribution is -2.15. The minimum absolute atomic E-state index is 0.0216. The van der Waals surface area contributed by atoms with Gasteiger partial charge in [0.25, 0.3) is 5.56 Å². The normalized spacial score (nSPS) is 11.6. The van der Waals surface area contributed by atoms with Gasteiger partial charge in [0.15, 0.2) is 4.34 Å². The smallest absolute Gasteiger partial charge is 0.275 e. The number of fused-ring (bicyclic) bond motifs is 2. The van der Waals surface area contributed by atoms with Crippen molar-refractivity contribution >= 4 is 61.2 Å². The molecule has 4 aromatic rings. The molecule has 0 aliphatic carbocycles. The summed E-state index contributed by atoms with van der Waals surface area (Å²) in [6.07, 6.45) is 2.17. The molecule has 10 heteroatoms. The Hall–Kier alpha value is -2.30. The third-order valence-corrected chi connectivity index (χ3v) is 7.52. The molecular formula is C21H23N5O2S3. The highest BCUT2D eigenvalue weighted by atomic mass is 32.2. The van der Waals surface area contributed by atoms with Crippen LogP contribution in [0.3, 0.4) is 0 Å². The van der Waals surface area contributed by atoms with Gasteiger partial charge in [-0.2, -0.15) is 9.61 Å². The third-order valence-electron chi connectivity index (χ3n) is 4.40. The second-order valence-electron chi connectivity index (χ2n) is 7.62. The van der Waals surface area contributed by atoms with Gasteiger partial charge in [-0.3, -0.25) is 9.59 Å². The van der Waals surface area contributed by atoms with Crippen LogP contribution in [0.4, 0.5) is 5.69 Å². The number of thioether (sulfide) groups is 1. The Morgan fingerprint density at radius 3 is 2.84 bits per heavy atom. The predicted octanol–water partition coefficient (Wildman–Crippen LogP) is 4.99. The minimum atomic E-state index is -0.149. The van der Waals surface area contributed by atoms with Crippen molar-refractivity contribution in [1.29, 1.82) is 0 Å². The summed E-state index contributed by atoms with van der Waals surface area (Å²) >= 11 is 4.60. The van der Waals surface area contributed by atoms with Crippen LogP contribution in [0, 0.1) is 5.92 Å². The van der Waals surface area contributed by atoms with Gasteiger partial charge in [-0.15, -0.1) is 11.3 Å². The molecule has 3 heterocycles. The number of carbonyl (C=O) groups excluding carboxylic acids is 1. The van der Waals surface area contributed by atoms with E-state index in [1.165, 1.54) is 15.9 Å². The van der Waals surface area contributed by atoms with Crippen LogP contribution in [0.5, 0.6) is 0 Å². The summed E-state index contributed by atoms with van der Waals surface area (Å²) in [7, 11) is 0. The van der Waals surface area contributed by atoms with Crippen molar-refractivity contribution in [2.24, 2.45) is 5.92 Å². The van der Waals surface area contributed by atoms with E-state index in [0.717, 1.165) is 43.8 Å². The van der Waals surface area contributed by atoms with Gasteiger partial charge in [0.05, 0.1) is 15.9 Å². The second-order valence-corrected chi connectivity index (χ2v) is 10.9. The monoisotopic (exact) mass is 473 g/mol. The summed E-state index contributed by atoms with van der Waals surface area (Å²) in [6.45, 7) is 6.24. The van der Waals surface area contributed by atoms with Crippen molar-refractivity contribution in [3.8, 4) is 0 Å². The van der Waals surface area contributed by atoms with Crippen LogP contribution in [0.25, 0.3) is 15.2 Å². The highest BCUT2D eigenvalue weighted by Gasteiger charge is 2.12. The van der Waals surface area contributed by atoms with Crippen LogP contribution in [0.2, 0.25) is 0 Å². The fourth-order valence-electron chi connectivity index (χ4n) is 3.03. The van der Waals surface area contributed by atoms with E-state index in [0.29, 0.717) is 23.1 Å². The Morgan fingerprint density at radius 2 is 2.06 bits per heavy atom. The number of carbonyl (C=O) groups is 1. The maximum absolute atomic E-state index is 12.4. The summed E-state index contributed by atoms with van der Waals surface area (Å²) in [5.41, 5.74) is 2.25. The van der Waals surface area contributed by atoms with Crippen molar-refractivity contribution in [2.45, 2.75) is 50.1 Å². The lowest BCUT2D eigenvalue weighted by molar-refractivity contribution is -0.116. The first-order valence-corrected chi connectivity index (χ1v) is 12.7. The topological polar surface area (TPSA) is 89.2 Å². The van der Waals surface area contributed by atoms with Gasteiger partial charge >= 0.3 is 0 Å². The van der Waals surface area contributed by atoms with E-state index >= 15 is 0 Å². The molecule has 4 rings (SSSR count). The Balaban J connectivity index is 1.48. The van der Waals surface area contributed by atoms with Crippen molar-refractivity contribution in [2.75, 3.05) is 5.32 Å².